The Labute approximate surface area is 158 Å². The zero-order valence-electron chi connectivity index (χ0n) is 14.2. The average molecular weight is 391 g/mol. The molecule has 1 aliphatic rings. The van der Waals surface area contributed by atoms with Gasteiger partial charge in [-0.3, -0.25) is 4.79 Å². The van der Waals surface area contributed by atoms with Crippen molar-refractivity contribution in [2.45, 2.75) is 30.7 Å². The van der Waals surface area contributed by atoms with Crippen molar-refractivity contribution in [2.24, 2.45) is 0 Å². The van der Waals surface area contributed by atoms with Gasteiger partial charge in [0, 0.05) is 22.8 Å². The number of sulfonamides is 1. The Balaban J connectivity index is 1.62. The third kappa shape index (κ3) is 4.94. The summed E-state index contributed by atoms with van der Waals surface area (Å²) in [6.45, 7) is 1.89. The number of benzene rings is 2. The average Bonchev–Trinajstić information content (AvgIpc) is 3.40. The van der Waals surface area contributed by atoms with Crippen LogP contribution >= 0.6 is 11.6 Å². The lowest BCUT2D eigenvalue weighted by Crippen LogP contribution is -2.25. The lowest BCUT2D eigenvalue weighted by Gasteiger charge is -2.06. The highest BCUT2D eigenvalue weighted by molar-refractivity contribution is 7.89. The van der Waals surface area contributed by atoms with Gasteiger partial charge in [-0.1, -0.05) is 29.8 Å². The van der Waals surface area contributed by atoms with Crippen LogP contribution in [0.3, 0.4) is 0 Å². The highest BCUT2D eigenvalue weighted by Gasteiger charge is 2.27. The van der Waals surface area contributed by atoms with Crippen molar-refractivity contribution in [1.82, 2.24) is 4.72 Å². The number of hydrogen-bond donors (Lipinski definition) is 2. The minimum Gasteiger partial charge on any atom is -0.322 e. The number of amides is 1. The summed E-state index contributed by atoms with van der Waals surface area (Å²) in [6.07, 6.45) is 4.79. The zero-order valence-corrected chi connectivity index (χ0v) is 15.8. The molecule has 0 saturated heterocycles. The van der Waals surface area contributed by atoms with Crippen LogP contribution in [-0.2, 0) is 14.8 Å². The molecule has 0 radical (unpaired) electrons. The lowest BCUT2D eigenvalue weighted by atomic mass is 10.2. The van der Waals surface area contributed by atoms with Gasteiger partial charge in [0.1, 0.15) is 0 Å². The van der Waals surface area contributed by atoms with Gasteiger partial charge in [0.2, 0.25) is 15.9 Å². The number of anilines is 1. The fourth-order valence-corrected chi connectivity index (χ4v) is 3.76. The molecule has 3 rings (SSSR count). The summed E-state index contributed by atoms with van der Waals surface area (Å²) < 4.78 is 26.9. The topological polar surface area (TPSA) is 75.3 Å². The third-order valence-electron chi connectivity index (χ3n) is 3.96. The Bertz CT molecular complexity index is 949. The molecule has 0 atom stereocenters. The second kappa shape index (κ2) is 7.61. The standard InChI is InChI=1S/C19H19ClN2O3S/c1-13-2-6-16(12-18(13)20)21-19(23)11-5-14-3-9-17(10-4-14)26(24,25)22-15-7-8-15/h2-6,9-12,15,22H,7-8H2,1H3,(H,21,23)/b11-5+. The fourth-order valence-electron chi connectivity index (χ4n) is 2.27. The van der Waals surface area contributed by atoms with E-state index in [2.05, 4.69) is 10.0 Å². The quantitative estimate of drug-likeness (QED) is 0.738. The molecule has 7 heteroatoms. The van der Waals surface area contributed by atoms with Crippen LogP contribution in [-0.4, -0.2) is 20.4 Å². The molecular weight excluding hydrogens is 372 g/mol. The van der Waals surface area contributed by atoms with Gasteiger partial charge in [0.15, 0.2) is 0 Å². The highest BCUT2D eigenvalue weighted by atomic mass is 35.5. The van der Waals surface area contributed by atoms with Crippen molar-refractivity contribution in [3.8, 4) is 0 Å². The van der Waals surface area contributed by atoms with Crippen LogP contribution in [0, 0.1) is 6.92 Å². The lowest BCUT2D eigenvalue weighted by molar-refractivity contribution is -0.111. The summed E-state index contributed by atoms with van der Waals surface area (Å²) in [4.78, 5) is 12.2. The predicted molar refractivity (Wildman–Crippen MR) is 104 cm³/mol. The van der Waals surface area contributed by atoms with Crippen molar-refractivity contribution in [3.05, 3.63) is 64.7 Å². The van der Waals surface area contributed by atoms with E-state index in [1.165, 1.54) is 18.2 Å². The van der Waals surface area contributed by atoms with E-state index in [1.807, 2.05) is 13.0 Å². The van der Waals surface area contributed by atoms with E-state index in [9.17, 15) is 13.2 Å². The molecule has 5 nitrogen and oxygen atoms in total. The molecule has 0 bridgehead atoms. The first-order valence-corrected chi connectivity index (χ1v) is 10.1. The number of halogens is 1. The van der Waals surface area contributed by atoms with Crippen molar-refractivity contribution in [1.29, 1.82) is 0 Å². The minimum absolute atomic E-state index is 0.0681. The minimum atomic E-state index is -3.46. The summed E-state index contributed by atoms with van der Waals surface area (Å²) in [5.41, 5.74) is 2.28. The molecule has 0 spiro atoms. The van der Waals surface area contributed by atoms with E-state index in [0.29, 0.717) is 10.7 Å². The van der Waals surface area contributed by atoms with Crippen molar-refractivity contribution < 1.29 is 13.2 Å². The van der Waals surface area contributed by atoms with Crippen LogP contribution in [0.5, 0.6) is 0 Å². The first-order valence-electron chi connectivity index (χ1n) is 8.21. The normalized spacial score (nSPS) is 14.5. The number of aryl methyl sites for hydroxylation is 1. The molecule has 0 aromatic heterocycles. The SMILES string of the molecule is Cc1ccc(NC(=O)/C=C/c2ccc(S(=O)(=O)NC3CC3)cc2)cc1Cl. The molecule has 1 amide bonds. The largest absolute Gasteiger partial charge is 0.322 e. The second-order valence-corrected chi connectivity index (χ2v) is 8.37. The van der Waals surface area contributed by atoms with Crippen LogP contribution in [0.25, 0.3) is 6.08 Å². The molecule has 2 aromatic rings. The number of nitrogens with one attached hydrogen (secondary N) is 2. The smallest absolute Gasteiger partial charge is 0.248 e. The summed E-state index contributed by atoms with van der Waals surface area (Å²) >= 11 is 6.03. The Morgan fingerprint density at radius 3 is 2.46 bits per heavy atom. The van der Waals surface area contributed by atoms with E-state index in [1.54, 1.807) is 30.3 Å². The molecule has 1 saturated carbocycles. The fraction of sp³-hybridized carbons (Fsp3) is 0.211. The molecule has 136 valence electrons. The van der Waals surface area contributed by atoms with Crippen molar-refractivity contribution >= 4 is 39.3 Å². The zero-order chi connectivity index (χ0) is 18.7. The molecular formula is C19H19ClN2O3S. The summed E-state index contributed by atoms with van der Waals surface area (Å²) in [7, 11) is -3.46. The molecule has 1 aliphatic carbocycles. The monoisotopic (exact) mass is 390 g/mol. The van der Waals surface area contributed by atoms with Gasteiger partial charge in [-0.15, -0.1) is 0 Å². The van der Waals surface area contributed by atoms with Crippen LogP contribution in [0.2, 0.25) is 5.02 Å². The first kappa shape index (κ1) is 18.6. The first-order chi connectivity index (χ1) is 12.3. The Morgan fingerprint density at radius 2 is 1.85 bits per heavy atom. The summed E-state index contributed by atoms with van der Waals surface area (Å²) in [5.74, 6) is -0.294. The van der Waals surface area contributed by atoms with E-state index in [0.717, 1.165) is 24.0 Å². The van der Waals surface area contributed by atoms with Crippen LogP contribution in [0.1, 0.15) is 24.0 Å². The van der Waals surface area contributed by atoms with E-state index >= 15 is 0 Å². The molecule has 2 N–H and O–H groups in total. The predicted octanol–water partition coefficient (Wildman–Crippen LogP) is 3.74. The number of carbonyl (C=O) groups excluding carboxylic acids is 1. The summed E-state index contributed by atoms with van der Waals surface area (Å²) in [6, 6.07) is 11.7. The second-order valence-electron chi connectivity index (χ2n) is 6.25. The van der Waals surface area contributed by atoms with Crippen molar-refractivity contribution in [3.63, 3.8) is 0 Å². The van der Waals surface area contributed by atoms with Gasteiger partial charge < -0.3 is 5.32 Å². The van der Waals surface area contributed by atoms with Crippen molar-refractivity contribution in [2.75, 3.05) is 5.32 Å². The van der Waals surface area contributed by atoms with Gasteiger partial charge in [-0.2, -0.15) is 0 Å². The molecule has 2 aromatic carbocycles. The van der Waals surface area contributed by atoms with Gasteiger partial charge >= 0.3 is 0 Å². The number of rotatable bonds is 6. The van der Waals surface area contributed by atoms with Crippen LogP contribution in [0.4, 0.5) is 5.69 Å². The van der Waals surface area contributed by atoms with Crippen LogP contribution in [0.15, 0.2) is 53.4 Å². The Morgan fingerprint density at radius 1 is 1.15 bits per heavy atom. The molecule has 0 aliphatic heterocycles. The maximum Gasteiger partial charge on any atom is 0.248 e. The number of hydrogen-bond acceptors (Lipinski definition) is 3. The van der Waals surface area contributed by atoms with Gasteiger partial charge in [0.25, 0.3) is 0 Å². The van der Waals surface area contributed by atoms with E-state index < -0.39 is 10.0 Å². The van der Waals surface area contributed by atoms with Gasteiger partial charge in [-0.25, -0.2) is 13.1 Å². The molecule has 26 heavy (non-hydrogen) atoms. The molecule has 1 fully saturated rings. The maximum atomic E-state index is 12.1. The Hall–Kier alpha value is -2.15. The van der Waals surface area contributed by atoms with E-state index in [-0.39, 0.29) is 16.8 Å². The van der Waals surface area contributed by atoms with E-state index in [4.69, 9.17) is 11.6 Å². The third-order valence-corrected chi connectivity index (χ3v) is 5.90. The highest BCUT2D eigenvalue weighted by Crippen LogP contribution is 2.22. The molecule has 0 heterocycles. The summed E-state index contributed by atoms with van der Waals surface area (Å²) in [5, 5.41) is 3.31. The molecule has 0 unspecified atom stereocenters. The van der Waals surface area contributed by atoms with Crippen LogP contribution < -0.4 is 10.0 Å². The Kier molecular flexibility index (Phi) is 5.46. The van der Waals surface area contributed by atoms with Gasteiger partial charge in [-0.05, 0) is 61.2 Å². The van der Waals surface area contributed by atoms with Gasteiger partial charge in [0.05, 0.1) is 4.90 Å². The maximum absolute atomic E-state index is 12.1. The number of carbonyl (C=O) groups is 1.